The maximum atomic E-state index is 3.84. The van der Waals surface area contributed by atoms with Crippen LogP contribution in [0.2, 0.25) is 0 Å². The van der Waals surface area contributed by atoms with Crippen LogP contribution in [0, 0.1) is 11.8 Å². The predicted molar refractivity (Wildman–Crippen MR) is 49.6 cm³/mol. The van der Waals surface area contributed by atoms with Gasteiger partial charge in [0.15, 0.2) is 0 Å². The molecule has 1 saturated heterocycles. The van der Waals surface area contributed by atoms with Crippen LogP contribution in [0.3, 0.4) is 0 Å². The Labute approximate surface area is 70.1 Å². The molecule has 1 fully saturated rings. The molecule has 11 heavy (non-hydrogen) atoms. The van der Waals surface area contributed by atoms with E-state index in [0.717, 1.165) is 5.92 Å². The number of nitrogens with zero attached hydrogens (tertiary/aromatic N) is 1. The lowest BCUT2D eigenvalue weighted by atomic mass is 9.86. The molecular formula is C10H19N. The Balaban J connectivity index is 2.32. The summed E-state index contributed by atoms with van der Waals surface area (Å²) in [5.74, 6) is 1.60. The summed E-state index contributed by atoms with van der Waals surface area (Å²) in [5, 5.41) is 0. The fraction of sp³-hybridized carbons (Fsp3) is 0.800. The molecule has 0 aromatic rings. The first-order chi connectivity index (χ1) is 5.24. The second kappa shape index (κ2) is 3.91. The molecule has 0 bridgehead atoms. The van der Waals surface area contributed by atoms with Crippen molar-refractivity contribution in [3.05, 3.63) is 12.7 Å². The second-order valence-corrected chi connectivity index (χ2v) is 3.74. The fourth-order valence-corrected chi connectivity index (χ4v) is 1.75. The van der Waals surface area contributed by atoms with Crippen molar-refractivity contribution >= 4 is 0 Å². The van der Waals surface area contributed by atoms with Crippen molar-refractivity contribution in [2.45, 2.75) is 19.8 Å². The molecule has 1 heteroatoms. The van der Waals surface area contributed by atoms with Gasteiger partial charge in [-0.05, 0) is 44.8 Å². The molecule has 0 radical (unpaired) electrons. The van der Waals surface area contributed by atoms with Crippen LogP contribution in [0.4, 0.5) is 0 Å². The highest BCUT2D eigenvalue weighted by molar-refractivity contribution is 4.84. The normalized spacial score (nSPS) is 24.9. The van der Waals surface area contributed by atoms with E-state index in [1.807, 2.05) is 0 Å². The van der Waals surface area contributed by atoms with Crippen molar-refractivity contribution in [2.24, 2.45) is 11.8 Å². The minimum atomic E-state index is 0.712. The van der Waals surface area contributed by atoms with Gasteiger partial charge in [-0.15, -0.1) is 6.58 Å². The van der Waals surface area contributed by atoms with E-state index in [4.69, 9.17) is 0 Å². The summed E-state index contributed by atoms with van der Waals surface area (Å²) in [6, 6.07) is 0. The van der Waals surface area contributed by atoms with Crippen molar-refractivity contribution in [1.82, 2.24) is 4.90 Å². The maximum absolute atomic E-state index is 3.84. The summed E-state index contributed by atoms with van der Waals surface area (Å²) in [6.07, 6.45) is 4.80. The Morgan fingerprint density at radius 3 is 2.45 bits per heavy atom. The average Bonchev–Trinajstić information content (AvgIpc) is 2.05. The van der Waals surface area contributed by atoms with E-state index < -0.39 is 0 Å². The monoisotopic (exact) mass is 153 g/mol. The highest BCUT2D eigenvalue weighted by Crippen LogP contribution is 2.24. The standard InChI is InChI=1S/C10H19N/c1-4-9(2)10-5-7-11(3)8-6-10/h4,9-10H,1,5-8H2,2-3H3. The third kappa shape index (κ3) is 2.33. The van der Waals surface area contributed by atoms with Crippen molar-refractivity contribution < 1.29 is 0 Å². The van der Waals surface area contributed by atoms with Crippen molar-refractivity contribution in [1.29, 1.82) is 0 Å². The van der Waals surface area contributed by atoms with Gasteiger partial charge in [0.25, 0.3) is 0 Å². The summed E-state index contributed by atoms with van der Waals surface area (Å²) in [5.41, 5.74) is 0. The molecule has 1 atom stereocenters. The van der Waals surface area contributed by atoms with Crippen LogP contribution < -0.4 is 0 Å². The smallest absolute Gasteiger partial charge is 0.00189 e. The lowest BCUT2D eigenvalue weighted by Crippen LogP contribution is -2.32. The van der Waals surface area contributed by atoms with Gasteiger partial charge in [-0.3, -0.25) is 0 Å². The molecule has 0 aliphatic carbocycles. The van der Waals surface area contributed by atoms with Crippen LogP contribution in [-0.2, 0) is 0 Å². The number of likely N-dealkylation sites (tertiary alicyclic amines) is 1. The molecule has 0 aromatic heterocycles. The Kier molecular flexibility index (Phi) is 3.13. The topological polar surface area (TPSA) is 3.24 Å². The van der Waals surface area contributed by atoms with Gasteiger partial charge in [0.05, 0.1) is 0 Å². The number of allylic oxidation sites excluding steroid dienone is 1. The van der Waals surface area contributed by atoms with Gasteiger partial charge in [0, 0.05) is 0 Å². The van der Waals surface area contributed by atoms with Gasteiger partial charge < -0.3 is 4.90 Å². The molecule has 64 valence electrons. The molecule has 1 heterocycles. The molecule has 0 spiro atoms. The Morgan fingerprint density at radius 2 is 2.00 bits per heavy atom. The van der Waals surface area contributed by atoms with Crippen LogP contribution in [-0.4, -0.2) is 25.0 Å². The first kappa shape index (κ1) is 8.79. The van der Waals surface area contributed by atoms with E-state index in [9.17, 15) is 0 Å². The summed E-state index contributed by atoms with van der Waals surface area (Å²) < 4.78 is 0. The molecule has 1 aliphatic heterocycles. The van der Waals surface area contributed by atoms with Crippen molar-refractivity contribution in [3.63, 3.8) is 0 Å². The minimum Gasteiger partial charge on any atom is -0.306 e. The largest absolute Gasteiger partial charge is 0.306 e. The summed E-state index contributed by atoms with van der Waals surface area (Å²) in [4.78, 5) is 2.41. The van der Waals surface area contributed by atoms with E-state index in [-0.39, 0.29) is 0 Å². The lowest BCUT2D eigenvalue weighted by Gasteiger charge is -2.31. The zero-order valence-corrected chi connectivity index (χ0v) is 7.71. The highest BCUT2D eigenvalue weighted by Gasteiger charge is 2.19. The zero-order valence-electron chi connectivity index (χ0n) is 7.71. The molecule has 1 aliphatic rings. The lowest BCUT2D eigenvalue weighted by molar-refractivity contribution is 0.194. The van der Waals surface area contributed by atoms with E-state index >= 15 is 0 Å². The van der Waals surface area contributed by atoms with Crippen LogP contribution in [0.5, 0.6) is 0 Å². The van der Waals surface area contributed by atoms with Crippen LogP contribution in [0.15, 0.2) is 12.7 Å². The molecule has 0 aromatic carbocycles. The SMILES string of the molecule is C=CC(C)C1CCN(C)CC1. The molecule has 1 unspecified atom stereocenters. The predicted octanol–water partition coefficient (Wildman–Crippen LogP) is 2.15. The van der Waals surface area contributed by atoms with Gasteiger partial charge in [0.1, 0.15) is 0 Å². The molecule has 0 amide bonds. The van der Waals surface area contributed by atoms with Gasteiger partial charge in [-0.2, -0.15) is 0 Å². The first-order valence-electron chi connectivity index (χ1n) is 4.55. The van der Waals surface area contributed by atoms with Gasteiger partial charge in [-0.1, -0.05) is 13.0 Å². The van der Waals surface area contributed by atoms with Crippen LogP contribution in [0.25, 0.3) is 0 Å². The minimum absolute atomic E-state index is 0.712. The zero-order chi connectivity index (χ0) is 8.27. The number of hydrogen-bond donors (Lipinski definition) is 0. The Morgan fingerprint density at radius 1 is 1.45 bits per heavy atom. The third-order valence-corrected chi connectivity index (χ3v) is 2.88. The van der Waals surface area contributed by atoms with Crippen molar-refractivity contribution in [2.75, 3.05) is 20.1 Å². The molecule has 0 saturated carbocycles. The summed E-state index contributed by atoms with van der Waals surface area (Å²) in [6.45, 7) is 8.66. The number of hydrogen-bond acceptors (Lipinski definition) is 1. The fourth-order valence-electron chi connectivity index (χ4n) is 1.75. The summed E-state index contributed by atoms with van der Waals surface area (Å²) in [7, 11) is 2.20. The maximum Gasteiger partial charge on any atom is -0.00189 e. The number of rotatable bonds is 2. The second-order valence-electron chi connectivity index (χ2n) is 3.74. The highest BCUT2D eigenvalue weighted by atomic mass is 15.1. The third-order valence-electron chi connectivity index (χ3n) is 2.88. The Bertz CT molecular complexity index is 123. The van der Waals surface area contributed by atoms with Gasteiger partial charge in [0.2, 0.25) is 0 Å². The van der Waals surface area contributed by atoms with E-state index in [1.165, 1.54) is 25.9 Å². The van der Waals surface area contributed by atoms with E-state index in [1.54, 1.807) is 0 Å². The van der Waals surface area contributed by atoms with Crippen molar-refractivity contribution in [3.8, 4) is 0 Å². The van der Waals surface area contributed by atoms with Crippen LogP contribution in [0.1, 0.15) is 19.8 Å². The van der Waals surface area contributed by atoms with Gasteiger partial charge >= 0.3 is 0 Å². The average molecular weight is 153 g/mol. The van der Waals surface area contributed by atoms with Crippen LogP contribution >= 0.6 is 0 Å². The molecular weight excluding hydrogens is 134 g/mol. The Hall–Kier alpha value is -0.300. The van der Waals surface area contributed by atoms with E-state index in [2.05, 4.69) is 31.5 Å². The quantitative estimate of drug-likeness (QED) is 0.549. The number of piperidine rings is 1. The van der Waals surface area contributed by atoms with E-state index in [0.29, 0.717) is 5.92 Å². The molecule has 0 N–H and O–H groups in total. The summed E-state index contributed by atoms with van der Waals surface area (Å²) >= 11 is 0. The first-order valence-corrected chi connectivity index (χ1v) is 4.55. The molecule has 1 rings (SSSR count). The van der Waals surface area contributed by atoms with Gasteiger partial charge in [-0.25, -0.2) is 0 Å². The molecule has 1 nitrogen and oxygen atoms in total.